The highest BCUT2D eigenvalue weighted by atomic mass is 35.5. The number of ketones is 1. The second kappa shape index (κ2) is 4.71. The summed E-state index contributed by atoms with van der Waals surface area (Å²) in [6.07, 6.45) is 3.29. The Morgan fingerprint density at radius 2 is 1.94 bits per heavy atom. The highest BCUT2D eigenvalue weighted by Gasteiger charge is 2.16. The highest BCUT2D eigenvalue weighted by molar-refractivity contribution is 6.30. The summed E-state index contributed by atoms with van der Waals surface area (Å²) in [7, 11) is 0. The molecule has 0 aliphatic heterocycles. The molecule has 16 heavy (non-hydrogen) atoms. The van der Waals surface area contributed by atoms with Crippen LogP contribution in [0.5, 0.6) is 0 Å². The number of benzene rings is 1. The van der Waals surface area contributed by atoms with Gasteiger partial charge in [0.25, 0.3) is 0 Å². The monoisotopic (exact) mass is 235 g/mol. The van der Waals surface area contributed by atoms with Crippen molar-refractivity contribution in [3.63, 3.8) is 0 Å². The van der Waals surface area contributed by atoms with Crippen LogP contribution in [-0.2, 0) is 4.79 Å². The zero-order valence-electron chi connectivity index (χ0n) is 9.16. The first-order chi connectivity index (χ1) is 7.63. The molecule has 1 aromatic carbocycles. The largest absolute Gasteiger partial charge is 0.359 e. The van der Waals surface area contributed by atoms with Gasteiger partial charge in [0.05, 0.1) is 0 Å². The number of carbonyl (C=O) groups excluding carboxylic acids is 1. The van der Waals surface area contributed by atoms with Crippen LogP contribution in [0.25, 0.3) is 0 Å². The van der Waals surface area contributed by atoms with Crippen LogP contribution in [0.2, 0.25) is 5.02 Å². The number of nitrogens with one attached hydrogen (secondary N) is 1. The van der Waals surface area contributed by atoms with Crippen molar-refractivity contribution in [1.82, 2.24) is 0 Å². The summed E-state index contributed by atoms with van der Waals surface area (Å²) in [6.45, 7) is 2.09. The van der Waals surface area contributed by atoms with Crippen molar-refractivity contribution < 1.29 is 4.79 Å². The molecule has 3 heteroatoms. The smallest absolute Gasteiger partial charge is 0.157 e. The summed E-state index contributed by atoms with van der Waals surface area (Å²) in [5.41, 5.74) is 1.96. The van der Waals surface area contributed by atoms with Gasteiger partial charge in [0.1, 0.15) is 0 Å². The van der Waals surface area contributed by atoms with Crippen molar-refractivity contribution >= 4 is 23.1 Å². The summed E-state index contributed by atoms with van der Waals surface area (Å²) >= 11 is 5.80. The quantitative estimate of drug-likeness (QED) is 0.848. The predicted octanol–water partition coefficient (Wildman–Crippen LogP) is 3.63. The number of allylic oxidation sites excluding steroid dienone is 2. The molecular formula is C13H14ClNO. The molecule has 0 unspecified atom stereocenters. The molecule has 1 aromatic rings. The molecule has 1 N–H and O–H groups in total. The van der Waals surface area contributed by atoms with E-state index >= 15 is 0 Å². The molecule has 0 fully saturated rings. The predicted molar refractivity (Wildman–Crippen MR) is 66.6 cm³/mol. The van der Waals surface area contributed by atoms with Crippen LogP contribution in [0, 0.1) is 5.92 Å². The third kappa shape index (κ3) is 2.86. The zero-order valence-corrected chi connectivity index (χ0v) is 9.92. The van der Waals surface area contributed by atoms with Crippen LogP contribution in [0.3, 0.4) is 0 Å². The number of hydrogen-bond donors (Lipinski definition) is 1. The Morgan fingerprint density at radius 3 is 2.56 bits per heavy atom. The van der Waals surface area contributed by atoms with Crippen molar-refractivity contribution in [3.05, 3.63) is 41.1 Å². The lowest BCUT2D eigenvalue weighted by molar-refractivity contribution is -0.115. The lowest BCUT2D eigenvalue weighted by Gasteiger charge is -2.19. The first-order valence-electron chi connectivity index (χ1n) is 5.39. The molecule has 0 aromatic heterocycles. The first-order valence-corrected chi connectivity index (χ1v) is 5.77. The summed E-state index contributed by atoms with van der Waals surface area (Å²) in [5.74, 6) is 0.627. The molecule has 2 rings (SSSR count). The zero-order chi connectivity index (χ0) is 11.5. The van der Waals surface area contributed by atoms with Crippen molar-refractivity contribution in [3.8, 4) is 0 Å². The van der Waals surface area contributed by atoms with Gasteiger partial charge in [0.2, 0.25) is 0 Å². The van der Waals surface area contributed by atoms with Crippen LogP contribution in [0.4, 0.5) is 5.69 Å². The van der Waals surface area contributed by atoms with Crippen molar-refractivity contribution in [2.24, 2.45) is 5.92 Å². The maximum atomic E-state index is 11.4. The molecule has 1 aliphatic carbocycles. The molecule has 1 atom stereocenters. The van der Waals surface area contributed by atoms with E-state index in [1.165, 1.54) is 0 Å². The minimum Gasteiger partial charge on any atom is -0.359 e. The summed E-state index contributed by atoms with van der Waals surface area (Å²) in [5, 5.41) is 3.97. The molecule has 0 heterocycles. The van der Waals surface area contributed by atoms with Gasteiger partial charge in [-0.3, -0.25) is 4.79 Å². The molecule has 0 saturated carbocycles. The van der Waals surface area contributed by atoms with Gasteiger partial charge in [-0.15, -0.1) is 0 Å². The average molecular weight is 236 g/mol. The van der Waals surface area contributed by atoms with E-state index in [2.05, 4.69) is 12.2 Å². The second-order valence-corrected chi connectivity index (χ2v) is 4.72. The topological polar surface area (TPSA) is 29.1 Å². The standard InChI is InChI=1S/C13H14ClNO/c1-9-6-12(8-13(16)7-9)15-11-4-2-10(14)3-5-11/h2-5,8-9,15H,6-7H2,1H3/t9-/m1/s1. The lowest BCUT2D eigenvalue weighted by Crippen LogP contribution is -2.15. The van der Waals surface area contributed by atoms with Gasteiger partial charge >= 0.3 is 0 Å². The van der Waals surface area contributed by atoms with E-state index in [1.54, 1.807) is 6.08 Å². The highest BCUT2D eigenvalue weighted by Crippen LogP contribution is 2.23. The van der Waals surface area contributed by atoms with E-state index in [-0.39, 0.29) is 5.78 Å². The lowest BCUT2D eigenvalue weighted by atomic mass is 9.93. The minimum absolute atomic E-state index is 0.204. The van der Waals surface area contributed by atoms with E-state index < -0.39 is 0 Å². The first kappa shape index (κ1) is 11.2. The maximum Gasteiger partial charge on any atom is 0.157 e. The maximum absolute atomic E-state index is 11.4. The van der Waals surface area contributed by atoms with Crippen LogP contribution in [-0.4, -0.2) is 5.78 Å². The van der Waals surface area contributed by atoms with Crippen LogP contribution in [0.15, 0.2) is 36.0 Å². The SMILES string of the molecule is C[C@H]1CC(=O)C=C(Nc2ccc(Cl)cc2)C1. The van der Waals surface area contributed by atoms with Crippen molar-refractivity contribution in [2.75, 3.05) is 5.32 Å². The van der Waals surface area contributed by atoms with Crippen molar-refractivity contribution in [2.45, 2.75) is 19.8 Å². The Morgan fingerprint density at radius 1 is 1.25 bits per heavy atom. The van der Waals surface area contributed by atoms with Gasteiger partial charge in [-0.05, 0) is 36.6 Å². The Labute approximate surface area is 100 Å². The van der Waals surface area contributed by atoms with Gasteiger partial charge in [-0.2, -0.15) is 0 Å². The molecular weight excluding hydrogens is 222 g/mol. The van der Waals surface area contributed by atoms with E-state index in [9.17, 15) is 4.79 Å². The number of rotatable bonds is 2. The Kier molecular flexibility index (Phi) is 3.30. The summed E-state index contributed by atoms with van der Waals surface area (Å²) < 4.78 is 0. The van der Waals surface area contributed by atoms with Gasteiger partial charge in [-0.1, -0.05) is 18.5 Å². The third-order valence-corrected chi connectivity index (χ3v) is 2.85. The van der Waals surface area contributed by atoms with Gasteiger partial charge in [0, 0.05) is 28.9 Å². The normalized spacial score (nSPS) is 20.5. The number of carbonyl (C=O) groups is 1. The van der Waals surface area contributed by atoms with E-state index in [4.69, 9.17) is 11.6 Å². The Hall–Kier alpha value is -1.28. The third-order valence-electron chi connectivity index (χ3n) is 2.60. The number of hydrogen-bond acceptors (Lipinski definition) is 2. The fourth-order valence-electron chi connectivity index (χ4n) is 1.91. The molecule has 0 amide bonds. The number of halogens is 1. The molecule has 1 aliphatic rings. The molecule has 2 nitrogen and oxygen atoms in total. The molecule has 84 valence electrons. The van der Waals surface area contributed by atoms with Gasteiger partial charge in [-0.25, -0.2) is 0 Å². The Bertz CT molecular complexity index is 422. The van der Waals surface area contributed by atoms with Crippen LogP contribution >= 0.6 is 11.6 Å². The fourth-order valence-corrected chi connectivity index (χ4v) is 2.03. The van der Waals surface area contributed by atoms with Gasteiger partial charge in [0.15, 0.2) is 5.78 Å². The number of anilines is 1. The fraction of sp³-hybridized carbons (Fsp3) is 0.308. The molecule has 0 saturated heterocycles. The van der Waals surface area contributed by atoms with E-state index in [0.717, 1.165) is 17.8 Å². The van der Waals surface area contributed by atoms with E-state index in [1.807, 2.05) is 24.3 Å². The Balaban J connectivity index is 2.09. The van der Waals surface area contributed by atoms with E-state index in [0.29, 0.717) is 17.4 Å². The molecule has 0 spiro atoms. The van der Waals surface area contributed by atoms with Crippen LogP contribution < -0.4 is 5.32 Å². The van der Waals surface area contributed by atoms with Gasteiger partial charge < -0.3 is 5.32 Å². The summed E-state index contributed by atoms with van der Waals surface area (Å²) in [4.78, 5) is 11.4. The molecule has 0 radical (unpaired) electrons. The second-order valence-electron chi connectivity index (χ2n) is 4.28. The summed E-state index contributed by atoms with van der Waals surface area (Å²) in [6, 6.07) is 7.48. The van der Waals surface area contributed by atoms with Crippen molar-refractivity contribution in [1.29, 1.82) is 0 Å². The van der Waals surface area contributed by atoms with Crippen LogP contribution in [0.1, 0.15) is 19.8 Å². The minimum atomic E-state index is 0.204. The average Bonchev–Trinajstić information content (AvgIpc) is 2.20. The molecule has 0 bridgehead atoms.